The minimum absolute atomic E-state index is 0.352. The van der Waals surface area contributed by atoms with Crippen LogP contribution in [0, 0.1) is 13.8 Å². The number of esters is 2. The second-order valence-electron chi connectivity index (χ2n) is 5.94. The first-order chi connectivity index (χ1) is 13.3. The first kappa shape index (κ1) is 22.2. The Balaban J connectivity index is 2.43. The van der Waals surface area contributed by atoms with Gasteiger partial charge in [0.05, 0.1) is 5.69 Å². The average Bonchev–Trinajstić information content (AvgIpc) is 3.04. The van der Waals surface area contributed by atoms with E-state index < -0.39 is 48.8 Å². The van der Waals surface area contributed by atoms with Crippen molar-refractivity contribution < 1.29 is 45.4 Å². The van der Waals surface area contributed by atoms with Gasteiger partial charge in [-0.25, -0.2) is 14.3 Å². The highest BCUT2D eigenvalue weighted by Crippen LogP contribution is 2.22. The highest BCUT2D eigenvalue weighted by molar-refractivity contribution is 6.01. The summed E-state index contributed by atoms with van der Waals surface area (Å²) in [5.74, 6) is -3.22. The molecule has 0 aliphatic heterocycles. The number of aryl methyl sites for hydroxylation is 1. The highest BCUT2D eigenvalue weighted by Gasteiger charge is 2.34. The van der Waals surface area contributed by atoms with E-state index in [1.54, 1.807) is 26.0 Å². The van der Waals surface area contributed by atoms with E-state index in [9.17, 15) is 35.9 Å². The molecule has 0 aliphatic carbocycles. The van der Waals surface area contributed by atoms with Gasteiger partial charge >= 0.3 is 24.3 Å². The van der Waals surface area contributed by atoms with Gasteiger partial charge in [0.2, 0.25) is 0 Å². The molecule has 12 heteroatoms. The van der Waals surface area contributed by atoms with Crippen molar-refractivity contribution in [3.05, 3.63) is 46.8 Å². The first-order valence-corrected chi connectivity index (χ1v) is 7.92. The molecule has 158 valence electrons. The van der Waals surface area contributed by atoms with Crippen molar-refractivity contribution in [2.45, 2.75) is 26.2 Å². The molecule has 1 aromatic carbocycles. The maximum Gasteiger partial charge on any atom is 0.422 e. The normalized spacial score (nSPS) is 12.0. The molecule has 0 spiro atoms. The Kier molecular flexibility index (Phi) is 6.24. The molecule has 0 N–H and O–H groups in total. The minimum Gasteiger partial charge on any atom is -0.452 e. The maximum absolute atomic E-state index is 12.3. The molecule has 0 saturated carbocycles. The predicted molar refractivity (Wildman–Crippen MR) is 85.7 cm³/mol. The molecule has 0 saturated heterocycles. The van der Waals surface area contributed by atoms with E-state index in [0.29, 0.717) is 11.3 Å². The van der Waals surface area contributed by atoms with Crippen LogP contribution in [0.15, 0.2) is 24.4 Å². The molecule has 0 atom stereocenters. The number of aromatic nitrogens is 2. The topological polar surface area (TPSA) is 70.4 Å². The number of carbonyl (C=O) groups is 2. The number of hydrogen-bond donors (Lipinski definition) is 0. The standard InChI is InChI=1S/C17H14F6N2O4/c1-9-4-3-5-12(10(9)2)25-6-11(14(26)28-7-16(18,19)20)13(24-25)15(27)29-8-17(21,22)23/h3-6H,7-8H2,1-2H3. The molecule has 2 rings (SSSR count). The van der Waals surface area contributed by atoms with Crippen LogP contribution in [-0.2, 0) is 9.47 Å². The molecular weight excluding hydrogens is 410 g/mol. The summed E-state index contributed by atoms with van der Waals surface area (Å²) in [5, 5.41) is 3.74. The lowest BCUT2D eigenvalue weighted by atomic mass is 10.1. The van der Waals surface area contributed by atoms with Gasteiger partial charge in [0.1, 0.15) is 5.56 Å². The lowest BCUT2D eigenvalue weighted by molar-refractivity contribution is -0.162. The lowest BCUT2D eigenvalue weighted by Gasteiger charge is -2.08. The van der Waals surface area contributed by atoms with Crippen LogP contribution in [0.1, 0.15) is 32.0 Å². The summed E-state index contributed by atoms with van der Waals surface area (Å²) in [6.07, 6.45) is -8.79. The largest absolute Gasteiger partial charge is 0.452 e. The first-order valence-electron chi connectivity index (χ1n) is 7.92. The molecule has 1 heterocycles. The van der Waals surface area contributed by atoms with E-state index in [4.69, 9.17) is 0 Å². The summed E-state index contributed by atoms with van der Waals surface area (Å²) >= 11 is 0. The number of alkyl halides is 6. The minimum atomic E-state index is -4.84. The van der Waals surface area contributed by atoms with E-state index in [1.165, 1.54) is 6.07 Å². The molecule has 0 aliphatic rings. The van der Waals surface area contributed by atoms with Gasteiger partial charge < -0.3 is 9.47 Å². The van der Waals surface area contributed by atoms with Gasteiger partial charge in [-0.05, 0) is 31.0 Å². The molecule has 0 amide bonds. The Morgan fingerprint density at radius 2 is 1.52 bits per heavy atom. The monoisotopic (exact) mass is 424 g/mol. The molecule has 0 fully saturated rings. The summed E-state index contributed by atoms with van der Waals surface area (Å²) in [5.41, 5.74) is 0.134. The van der Waals surface area contributed by atoms with Gasteiger partial charge in [-0.3, -0.25) is 0 Å². The van der Waals surface area contributed by atoms with Gasteiger partial charge in [0.25, 0.3) is 0 Å². The molecular formula is C17H14F6N2O4. The van der Waals surface area contributed by atoms with Crippen molar-refractivity contribution in [1.82, 2.24) is 9.78 Å². The van der Waals surface area contributed by atoms with Crippen LogP contribution in [0.2, 0.25) is 0 Å². The number of halogens is 6. The third kappa shape index (κ3) is 5.96. The molecule has 0 bridgehead atoms. The quantitative estimate of drug-likeness (QED) is 0.538. The van der Waals surface area contributed by atoms with Crippen LogP contribution in [0.3, 0.4) is 0 Å². The van der Waals surface area contributed by atoms with Gasteiger partial charge in [-0.2, -0.15) is 31.4 Å². The van der Waals surface area contributed by atoms with Crippen LogP contribution in [0.25, 0.3) is 5.69 Å². The van der Waals surface area contributed by atoms with Crippen LogP contribution < -0.4 is 0 Å². The molecule has 2 aromatic rings. The predicted octanol–water partition coefficient (Wildman–Crippen LogP) is 3.93. The zero-order chi connectivity index (χ0) is 22.0. The number of carbonyl (C=O) groups excluding carboxylic acids is 2. The van der Waals surface area contributed by atoms with Crippen molar-refractivity contribution in [2.24, 2.45) is 0 Å². The molecule has 1 aromatic heterocycles. The third-order valence-electron chi connectivity index (χ3n) is 3.68. The lowest BCUT2D eigenvalue weighted by Crippen LogP contribution is -2.23. The average molecular weight is 424 g/mol. The fourth-order valence-corrected chi connectivity index (χ4v) is 2.22. The second kappa shape index (κ2) is 8.13. The van der Waals surface area contributed by atoms with Gasteiger partial charge in [-0.15, -0.1) is 0 Å². The van der Waals surface area contributed by atoms with Crippen LogP contribution >= 0.6 is 0 Å². The summed E-state index contributed by atoms with van der Waals surface area (Å²) in [6.45, 7) is -0.480. The fraction of sp³-hybridized carbons (Fsp3) is 0.353. The molecule has 29 heavy (non-hydrogen) atoms. The van der Waals surface area contributed by atoms with Crippen molar-refractivity contribution in [2.75, 3.05) is 13.2 Å². The van der Waals surface area contributed by atoms with Gasteiger partial charge in [-0.1, -0.05) is 12.1 Å². The van der Waals surface area contributed by atoms with Crippen molar-refractivity contribution in [3.63, 3.8) is 0 Å². The van der Waals surface area contributed by atoms with Crippen LogP contribution in [0.5, 0.6) is 0 Å². The van der Waals surface area contributed by atoms with E-state index in [1.807, 2.05) is 0 Å². The summed E-state index contributed by atoms with van der Waals surface area (Å²) < 4.78 is 82.9. The van der Waals surface area contributed by atoms with Gasteiger partial charge in [0, 0.05) is 6.20 Å². The van der Waals surface area contributed by atoms with E-state index in [2.05, 4.69) is 14.6 Å². The van der Waals surface area contributed by atoms with Crippen LogP contribution in [0.4, 0.5) is 26.3 Å². The maximum atomic E-state index is 12.3. The number of rotatable bonds is 5. The number of hydrogen-bond acceptors (Lipinski definition) is 5. The zero-order valence-electron chi connectivity index (χ0n) is 15.0. The highest BCUT2D eigenvalue weighted by atomic mass is 19.4. The molecule has 0 unspecified atom stereocenters. The molecule has 6 nitrogen and oxygen atoms in total. The Morgan fingerprint density at radius 1 is 0.966 bits per heavy atom. The van der Waals surface area contributed by atoms with E-state index >= 15 is 0 Å². The summed E-state index contributed by atoms with van der Waals surface area (Å²) in [4.78, 5) is 24.0. The Labute approximate surface area is 160 Å². The summed E-state index contributed by atoms with van der Waals surface area (Å²) in [7, 11) is 0. The number of ether oxygens (including phenoxy) is 2. The van der Waals surface area contributed by atoms with E-state index in [0.717, 1.165) is 16.4 Å². The molecule has 0 radical (unpaired) electrons. The Morgan fingerprint density at radius 3 is 2.07 bits per heavy atom. The SMILES string of the molecule is Cc1cccc(-n2cc(C(=O)OCC(F)(F)F)c(C(=O)OCC(F)(F)F)n2)c1C. The summed E-state index contributed by atoms with van der Waals surface area (Å²) in [6, 6.07) is 4.90. The van der Waals surface area contributed by atoms with E-state index in [-0.39, 0.29) is 0 Å². The van der Waals surface area contributed by atoms with Crippen molar-refractivity contribution in [3.8, 4) is 5.69 Å². The Bertz CT molecular complexity index is 870. The van der Waals surface area contributed by atoms with Crippen molar-refractivity contribution >= 4 is 11.9 Å². The van der Waals surface area contributed by atoms with Crippen LogP contribution in [-0.4, -0.2) is 47.3 Å². The number of benzene rings is 1. The Hall–Kier alpha value is -3.05. The zero-order valence-corrected chi connectivity index (χ0v) is 15.0. The number of nitrogens with zero attached hydrogens (tertiary/aromatic N) is 2. The second-order valence-corrected chi connectivity index (χ2v) is 5.94. The fourth-order valence-electron chi connectivity index (χ4n) is 2.22. The van der Waals surface area contributed by atoms with Crippen molar-refractivity contribution in [1.29, 1.82) is 0 Å². The third-order valence-corrected chi connectivity index (χ3v) is 3.68. The van der Waals surface area contributed by atoms with Gasteiger partial charge in [0.15, 0.2) is 18.9 Å². The smallest absolute Gasteiger partial charge is 0.422 e.